The van der Waals surface area contributed by atoms with E-state index in [1.54, 1.807) is 0 Å². The summed E-state index contributed by atoms with van der Waals surface area (Å²) in [5.41, 5.74) is 0. The molecule has 0 N–H and O–H groups in total. The van der Waals surface area contributed by atoms with Crippen molar-refractivity contribution < 1.29 is 67.1 Å². The third-order valence-corrected chi connectivity index (χ3v) is 0. The van der Waals surface area contributed by atoms with Crippen LogP contribution in [0.5, 0.6) is 0 Å². The Morgan fingerprint density at radius 2 is 0.750 bits per heavy atom. The molecular weight excluding hydrogens is 574 g/mol. The van der Waals surface area contributed by atoms with E-state index in [1.807, 2.05) is 0 Å². The van der Waals surface area contributed by atoms with E-state index < -0.39 is 0 Å². The van der Waals surface area contributed by atoms with Gasteiger partial charge in [0, 0.05) is 67.1 Å². The van der Waals surface area contributed by atoms with Gasteiger partial charge in [-0.15, -0.1) is 0 Å². The van der Waals surface area contributed by atoms with E-state index in [9.17, 15) is 0 Å². The maximum atomic E-state index is 0. The van der Waals surface area contributed by atoms with E-state index in [0.717, 1.165) is 0 Å². The fraction of sp³-hybridized carbons (Fsp3) is 0. The van der Waals surface area contributed by atoms with Crippen LogP contribution < -0.4 is 0 Å². The molecule has 0 spiro atoms. The number of rotatable bonds is 0. The third kappa shape index (κ3) is 8.83. The van der Waals surface area contributed by atoms with Gasteiger partial charge in [0.1, 0.15) is 0 Å². The standard InChI is InChI=1S/Ag.2Au.GeH4/h;;;1H4. The molecular formula is H4AgAu2Ge. The Kier molecular flexibility index (Phi) is 126. The normalized spacial score (nSPS) is 0. The quantitative estimate of drug-likeness (QED) is 0.309. The SMILES string of the molecule is [Ag].[Au].[Au].[GeH4]. The van der Waals surface area contributed by atoms with Crippen molar-refractivity contribution in [2.75, 3.05) is 0 Å². The molecule has 0 aromatic rings. The Morgan fingerprint density at radius 3 is 0.750 bits per heavy atom. The van der Waals surface area contributed by atoms with Crippen LogP contribution in [-0.2, 0) is 67.1 Å². The number of hydrogen-bond donors (Lipinski definition) is 0. The minimum absolute atomic E-state index is 0. The maximum absolute atomic E-state index is 0. The van der Waals surface area contributed by atoms with Gasteiger partial charge in [-0.05, 0) is 0 Å². The zero-order chi connectivity index (χ0) is 0. The van der Waals surface area contributed by atoms with Crippen LogP contribution in [-0.4, -0.2) is 17.6 Å². The van der Waals surface area contributed by atoms with Gasteiger partial charge in [0.25, 0.3) is 0 Å². The van der Waals surface area contributed by atoms with E-state index in [0.29, 0.717) is 0 Å². The van der Waals surface area contributed by atoms with E-state index >= 15 is 0 Å². The van der Waals surface area contributed by atoms with Gasteiger partial charge in [-0.2, -0.15) is 0 Å². The van der Waals surface area contributed by atoms with Gasteiger partial charge >= 0.3 is 17.6 Å². The molecule has 0 aromatic carbocycles. The van der Waals surface area contributed by atoms with Crippen LogP contribution in [0, 0.1) is 0 Å². The molecule has 0 saturated carbocycles. The molecule has 0 bridgehead atoms. The molecule has 41 valence electrons. The predicted octanol–water partition coefficient (Wildman–Crippen LogP) is -1.46. The summed E-state index contributed by atoms with van der Waals surface area (Å²) in [7, 11) is 0. The van der Waals surface area contributed by atoms with Gasteiger partial charge in [-0.3, -0.25) is 0 Å². The fourth-order valence-corrected chi connectivity index (χ4v) is 0. The molecule has 4 heteroatoms. The molecule has 3 radical (unpaired) electrons. The van der Waals surface area contributed by atoms with E-state index in [4.69, 9.17) is 0 Å². The summed E-state index contributed by atoms with van der Waals surface area (Å²) in [5.74, 6) is 0. The predicted molar refractivity (Wildman–Crippen MR) is 11.3 cm³/mol. The van der Waals surface area contributed by atoms with Gasteiger partial charge in [-0.1, -0.05) is 0 Å². The summed E-state index contributed by atoms with van der Waals surface area (Å²) in [5, 5.41) is 0. The van der Waals surface area contributed by atoms with Crippen LogP contribution in [0.4, 0.5) is 0 Å². The molecule has 0 amide bonds. The zero-order valence-corrected chi connectivity index (χ0v) is 6.72. The Balaban J connectivity index is 0. The van der Waals surface area contributed by atoms with Gasteiger partial charge in [0.2, 0.25) is 0 Å². The summed E-state index contributed by atoms with van der Waals surface area (Å²) >= 11 is 0. The van der Waals surface area contributed by atoms with Crippen LogP contribution in [0.15, 0.2) is 0 Å². The molecule has 0 heterocycles. The first-order chi connectivity index (χ1) is 0. The van der Waals surface area contributed by atoms with Crippen molar-refractivity contribution in [1.29, 1.82) is 0 Å². The summed E-state index contributed by atoms with van der Waals surface area (Å²) < 4.78 is 0. The molecule has 0 fully saturated rings. The van der Waals surface area contributed by atoms with Crippen LogP contribution in [0.3, 0.4) is 0 Å². The summed E-state index contributed by atoms with van der Waals surface area (Å²) in [4.78, 5) is 0. The first-order valence-electron chi connectivity index (χ1n) is 0. The van der Waals surface area contributed by atoms with Gasteiger partial charge in [-0.25, -0.2) is 0 Å². The van der Waals surface area contributed by atoms with Crippen molar-refractivity contribution in [2.45, 2.75) is 0 Å². The van der Waals surface area contributed by atoms with Crippen molar-refractivity contribution in [3.05, 3.63) is 0 Å². The Labute approximate surface area is 83.4 Å². The molecule has 0 rings (SSSR count). The molecule has 0 aliphatic heterocycles. The molecule has 4 heavy (non-hydrogen) atoms. The summed E-state index contributed by atoms with van der Waals surface area (Å²) in [6.07, 6.45) is 0. The first kappa shape index (κ1) is 29.4. The van der Waals surface area contributed by atoms with E-state index in [1.165, 1.54) is 0 Å². The van der Waals surface area contributed by atoms with E-state index in [-0.39, 0.29) is 84.7 Å². The molecule has 0 aliphatic rings. The second kappa shape index (κ2) is 17.1. The molecule has 0 aromatic heterocycles. The molecule has 0 nitrogen and oxygen atoms in total. The Bertz CT molecular complexity index is 6.00. The van der Waals surface area contributed by atoms with Gasteiger partial charge < -0.3 is 0 Å². The number of hydrogen-bond acceptors (Lipinski definition) is 0. The second-order valence-electron chi connectivity index (χ2n) is 0. The first-order valence-corrected chi connectivity index (χ1v) is 0. The third-order valence-electron chi connectivity index (χ3n) is 0. The van der Waals surface area contributed by atoms with Crippen LogP contribution in [0.2, 0.25) is 0 Å². The Hall–Kier alpha value is 2.76. The van der Waals surface area contributed by atoms with Crippen LogP contribution >= 0.6 is 0 Å². The average molecular weight is 578 g/mol. The molecule has 0 atom stereocenters. The second-order valence-corrected chi connectivity index (χ2v) is 0. The van der Waals surface area contributed by atoms with Crippen LogP contribution in [0.1, 0.15) is 0 Å². The van der Waals surface area contributed by atoms with Crippen molar-refractivity contribution >= 4 is 17.6 Å². The monoisotopic (exact) mass is 579 g/mol. The van der Waals surface area contributed by atoms with Crippen molar-refractivity contribution in [1.82, 2.24) is 0 Å². The van der Waals surface area contributed by atoms with Crippen molar-refractivity contribution in [2.24, 2.45) is 0 Å². The van der Waals surface area contributed by atoms with Gasteiger partial charge in [0.05, 0.1) is 0 Å². The van der Waals surface area contributed by atoms with Crippen molar-refractivity contribution in [3.63, 3.8) is 0 Å². The minimum atomic E-state index is 0. The molecule has 0 unspecified atom stereocenters. The summed E-state index contributed by atoms with van der Waals surface area (Å²) in [6, 6.07) is 0. The molecule has 0 saturated heterocycles. The zero-order valence-electron chi connectivity index (χ0n) is 0.905. The van der Waals surface area contributed by atoms with Gasteiger partial charge in [0.15, 0.2) is 0 Å². The summed E-state index contributed by atoms with van der Waals surface area (Å²) in [6.45, 7) is 0. The van der Waals surface area contributed by atoms with Crippen molar-refractivity contribution in [3.8, 4) is 0 Å². The molecule has 0 aliphatic carbocycles. The topological polar surface area (TPSA) is 0 Å². The Morgan fingerprint density at radius 1 is 0.750 bits per heavy atom. The fourth-order valence-electron chi connectivity index (χ4n) is 0. The average Bonchev–Trinajstić information content (AvgIpc) is 0. The van der Waals surface area contributed by atoms with E-state index in [2.05, 4.69) is 0 Å². The van der Waals surface area contributed by atoms with Crippen LogP contribution in [0.25, 0.3) is 0 Å².